The van der Waals surface area contributed by atoms with E-state index in [1.807, 2.05) is 66.7 Å². The third-order valence-electron chi connectivity index (χ3n) is 4.90. The van der Waals surface area contributed by atoms with Crippen molar-refractivity contribution in [1.29, 1.82) is 0 Å². The van der Waals surface area contributed by atoms with Gasteiger partial charge in [0.15, 0.2) is 0 Å². The lowest BCUT2D eigenvalue weighted by atomic mass is 10.1. The maximum Gasteiger partial charge on any atom is 0.240 e. The van der Waals surface area contributed by atoms with E-state index in [0.29, 0.717) is 18.8 Å². The molecule has 0 saturated heterocycles. The molecule has 4 rings (SSSR count). The highest BCUT2D eigenvalue weighted by Gasteiger charge is 2.03. The third kappa shape index (κ3) is 6.22. The Bertz CT molecular complexity index is 1190. The Morgan fingerprint density at radius 2 is 1.62 bits per heavy atom. The first-order chi connectivity index (χ1) is 15.8. The molecule has 0 fully saturated rings. The molecule has 0 atom stereocenters. The van der Waals surface area contributed by atoms with Gasteiger partial charge in [-0.1, -0.05) is 60.7 Å². The number of nitrogens with zero attached hydrogens (tertiary/aromatic N) is 1. The van der Waals surface area contributed by atoms with Crippen LogP contribution in [0.4, 0.5) is 0 Å². The van der Waals surface area contributed by atoms with E-state index >= 15 is 0 Å². The average molecular weight is 441 g/mol. The second-order valence-electron chi connectivity index (χ2n) is 7.20. The van der Waals surface area contributed by atoms with Crippen molar-refractivity contribution < 1.29 is 9.53 Å². The minimum Gasteiger partial charge on any atom is -0.489 e. The van der Waals surface area contributed by atoms with E-state index in [1.165, 1.54) is 10.8 Å². The van der Waals surface area contributed by atoms with Gasteiger partial charge in [-0.15, -0.1) is 11.8 Å². The number of hydrogen-bond acceptors (Lipinski definition) is 4. The molecule has 0 aliphatic rings. The summed E-state index contributed by atoms with van der Waals surface area (Å²) in [5, 5.41) is 6.46. The summed E-state index contributed by atoms with van der Waals surface area (Å²) in [5.41, 5.74) is 4.63. The molecule has 5 heteroatoms. The normalized spacial score (nSPS) is 11.0. The van der Waals surface area contributed by atoms with Gasteiger partial charge in [-0.05, 0) is 58.3 Å². The fraction of sp³-hybridized carbons (Fsp3) is 0.111. The molecule has 0 aliphatic carbocycles. The number of carbonyl (C=O) groups is 1. The van der Waals surface area contributed by atoms with Gasteiger partial charge < -0.3 is 4.74 Å². The van der Waals surface area contributed by atoms with E-state index in [-0.39, 0.29) is 5.91 Å². The number of ether oxygens (including phenoxy) is 1. The Kier molecular flexibility index (Phi) is 7.55. The number of amides is 1. The molecular weight excluding hydrogens is 416 g/mol. The summed E-state index contributed by atoms with van der Waals surface area (Å²) in [5.74, 6) is 1.41. The topological polar surface area (TPSA) is 50.7 Å². The Hall–Kier alpha value is -3.57. The summed E-state index contributed by atoms with van der Waals surface area (Å²) in [6.45, 7) is 0.506. The highest BCUT2D eigenvalue weighted by Crippen LogP contribution is 2.21. The molecule has 4 aromatic carbocycles. The number of carbonyl (C=O) groups excluding carboxylic acids is 1. The SMILES string of the molecule is O=C(CCSc1ccccc1)N/N=C\c1ccc(OCc2cccc3ccccc23)cc1. The van der Waals surface area contributed by atoms with Crippen molar-refractivity contribution in [3.05, 3.63) is 108 Å². The summed E-state index contributed by atoms with van der Waals surface area (Å²) in [6.07, 6.45) is 2.05. The highest BCUT2D eigenvalue weighted by atomic mass is 32.2. The van der Waals surface area contributed by atoms with Gasteiger partial charge in [-0.2, -0.15) is 5.10 Å². The average Bonchev–Trinajstić information content (AvgIpc) is 2.84. The first-order valence-electron chi connectivity index (χ1n) is 10.5. The lowest BCUT2D eigenvalue weighted by Crippen LogP contribution is -2.17. The van der Waals surface area contributed by atoms with Gasteiger partial charge in [0.05, 0.1) is 6.21 Å². The van der Waals surface area contributed by atoms with Crippen LogP contribution in [0.2, 0.25) is 0 Å². The van der Waals surface area contributed by atoms with Crippen molar-refractivity contribution in [1.82, 2.24) is 5.43 Å². The van der Waals surface area contributed by atoms with E-state index in [9.17, 15) is 4.79 Å². The van der Waals surface area contributed by atoms with Crippen LogP contribution in [0.1, 0.15) is 17.5 Å². The molecule has 32 heavy (non-hydrogen) atoms. The molecule has 0 heterocycles. The maximum atomic E-state index is 11.9. The number of hydrogen-bond donors (Lipinski definition) is 1. The largest absolute Gasteiger partial charge is 0.489 e. The standard InChI is InChI=1S/C27H24N2O2S/c30-27(17-18-32-25-10-2-1-3-11-25)29-28-19-21-13-15-24(16-14-21)31-20-23-9-6-8-22-7-4-5-12-26(22)23/h1-16,19H,17-18,20H2,(H,29,30)/b28-19-. The van der Waals surface area contributed by atoms with Crippen LogP contribution in [0.25, 0.3) is 10.8 Å². The molecule has 4 nitrogen and oxygen atoms in total. The second-order valence-corrected chi connectivity index (χ2v) is 8.37. The zero-order valence-electron chi connectivity index (χ0n) is 17.6. The predicted molar refractivity (Wildman–Crippen MR) is 132 cm³/mol. The first-order valence-corrected chi connectivity index (χ1v) is 11.5. The summed E-state index contributed by atoms with van der Waals surface area (Å²) in [7, 11) is 0. The van der Waals surface area contributed by atoms with Crippen molar-refractivity contribution in [3.63, 3.8) is 0 Å². The molecule has 0 aliphatic heterocycles. The maximum absolute atomic E-state index is 11.9. The molecule has 160 valence electrons. The predicted octanol–water partition coefficient (Wildman–Crippen LogP) is 6.05. The third-order valence-corrected chi connectivity index (χ3v) is 5.91. The van der Waals surface area contributed by atoms with Crippen LogP contribution in [0.15, 0.2) is 107 Å². The minimum absolute atomic E-state index is 0.0975. The number of fused-ring (bicyclic) bond motifs is 1. The molecule has 0 spiro atoms. The molecule has 0 bridgehead atoms. The monoisotopic (exact) mass is 440 g/mol. The number of thioether (sulfide) groups is 1. The number of rotatable bonds is 9. The van der Waals surface area contributed by atoms with E-state index in [2.05, 4.69) is 40.9 Å². The van der Waals surface area contributed by atoms with Crippen LogP contribution in [0, 0.1) is 0 Å². The van der Waals surface area contributed by atoms with E-state index in [4.69, 9.17) is 4.74 Å². The fourth-order valence-electron chi connectivity index (χ4n) is 3.24. The Labute approximate surface area is 192 Å². The molecule has 4 aromatic rings. The Morgan fingerprint density at radius 3 is 2.47 bits per heavy atom. The van der Waals surface area contributed by atoms with E-state index in [0.717, 1.165) is 21.8 Å². The molecule has 0 radical (unpaired) electrons. The lowest BCUT2D eigenvalue weighted by Gasteiger charge is -2.09. The van der Waals surface area contributed by atoms with Gasteiger partial charge in [0, 0.05) is 17.1 Å². The van der Waals surface area contributed by atoms with Crippen LogP contribution in [-0.2, 0) is 11.4 Å². The van der Waals surface area contributed by atoms with Gasteiger partial charge in [0.2, 0.25) is 5.91 Å². The zero-order chi connectivity index (χ0) is 22.0. The van der Waals surface area contributed by atoms with Gasteiger partial charge in [-0.25, -0.2) is 5.43 Å². The van der Waals surface area contributed by atoms with Gasteiger partial charge in [-0.3, -0.25) is 4.79 Å². The number of hydrazone groups is 1. The molecule has 1 N–H and O–H groups in total. The molecule has 0 saturated carbocycles. The Morgan fingerprint density at radius 1 is 0.875 bits per heavy atom. The van der Waals surface area contributed by atoms with Crippen molar-refractivity contribution >= 4 is 34.7 Å². The first kappa shape index (κ1) is 21.7. The minimum atomic E-state index is -0.0975. The molecule has 0 aromatic heterocycles. The summed E-state index contributed by atoms with van der Waals surface area (Å²) < 4.78 is 5.96. The van der Waals surface area contributed by atoms with Gasteiger partial charge in [0.25, 0.3) is 0 Å². The highest BCUT2D eigenvalue weighted by molar-refractivity contribution is 7.99. The van der Waals surface area contributed by atoms with E-state index < -0.39 is 0 Å². The van der Waals surface area contributed by atoms with Crippen molar-refractivity contribution in [2.45, 2.75) is 17.9 Å². The molecular formula is C27H24N2O2S. The molecule has 0 unspecified atom stereocenters. The van der Waals surface area contributed by atoms with Gasteiger partial charge >= 0.3 is 0 Å². The zero-order valence-corrected chi connectivity index (χ0v) is 18.4. The summed E-state index contributed by atoms with van der Waals surface area (Å²) >= 11 is 1.66. The van der Waals surface area contributed by atoms with E-state index in [1.54, 1.807) is 18.0 Å². The Balaban J connectivity index is 1.22. The van der Waals surface area contributed by atoms with Gasteiger partial charge in [0.1, 0.15) is 12.4 Å². The number of benzene rings is 4. The van der Waals surface area contributed by atoms with Crippen molar-refractivity contribution in [3.8, 4) is 5.75 Å². The number of nitrogens with one attached hydrogen (secondary N) is 1. The quantitative estimate of drug-likeness (QED) is 0.196. The van der Waals surface area contributed by atoms with Crippen LogP contribution < -0.4 is 10.2 Å². The second kappa shape index (κ2) is 11.2. The molecule has 1 amide bonds. The van der Waals surface area contributed by atoms with Crippen molar-refractivity contribution in [2.75, 3.05) is 5.75 Å². The summed E-state index contributed by atoms with van der Waals surface area (Å²) in [6, 6.07) is 32.2. The lowest BCUT2D eigenvalue weighted by molar-refractivity contribution is -0.120. The van der Waals surface area contributed by atoms with Crippen LogP contribution in [0.3, 0.4) is 0 Å². The fourth-order valence-corrected chi connectivity index (χ4v) is 4.12. The smallest absolute Gasteiger partial charge is 0.240 e. The van der Waals surface area contributed by atoms with Crippen molar-refractivity contribution in [2.24, 2.45) is 5.10 Å². The van der Waals surface area contributed by atoms with Crippen LogP contribution in [0.5, 0.6) is 5.75 Å². The summed E-state index contributed by atoms with van der Waals surface area (Å²) in [4.78, 5) is 13.1. The van der Waals surface area contributed by atoms with Crippen LogP contribution in [-0.4, -0.2) is 17.9 Å². The van der Waals surface area contributed by atoms with Crippen LogP contribution >= 0.6 is 11.8 Å².